The average Bonchev–Trinajstić information content (AvgIpc) is 2.69. The van der Waals surface area contributed by atoms with Gasteiger partial charge < -0.3 is 15.4 Å². The van der Waals surface area contributed by atoms with Crippen molar-refractivity contribution in [1.82, 2.24) is 10.6 Å². The third-order valence-corrected chi connectivity index (χ3v) is 5.16. The maximum Gasteiger partial charge on any atom is 0.238 e. The Morgan fingerprint density at radius 1 is 1.20 bits per heavy atom. The molecule has 30 heavy (non-hydrogen) atoms. The molecule has 0 saturated carbocycles. The molecule has 166 valence electrons. The first-order chi connectivity index (χ1) is 13.8. The first kappa shape index (κ1) is 26.1. The highest BCUT2D eigenvalue weighted by Crippen LogP contribution is 2.14. The molecule has 0 saturated heterocycles. The van der Waals surface area contributed by atoms with Gasteiger partial charge in [0, 0.05) is 19.7 Å². The fourth-order valence-corrected chi connectivity index (χ4v) is 3.12. The van der Waals surface area contributed by atoms with Crippen molar-refractivity contribution in [2.45, 2.75) is 30.8 Å². The van der Waals surface area contributed by atoms with E-state index in [0.717, 1.165) is 12.0 Å². The molecule has 2 rings (SSSR count). The summed E-state index contributed by atoms with van der Waals surface area (Å²) >= 11 is 0. The summed E-state index contributed by atoms with van der Waals surface area (Å²) in [6.07, 6.45) is 1.29. The number of sulfonamides is 1. The zero-order chi connectivity index (χ0) is 21.3. The summed E-state index contributed by atoms with van der Waals surface area (Å²) in [4.78, 5) is 4.27. The molecule has 0 aliphatic carbocycles. The van der Waals surface area contributed by atoms with Crippen LogP contribution in [0.4, 0.5) is 4.39 Å². The number of halogens is 2. The number of nitrogens with two attached hydrogens (primary N) is 1. The van der Waals surface area contributed by atoms with Crippen molar-refractivity contribution in [2.75, 3.05) is 20.1 Å². The second-order valence-electron chi connectivity index (χ2n) is 6.42. The molecule has 7 nitrogen and oxygen atoms in total. The Hall–Kier alpha value is -1.92. The summed E-state index contributed by atoms with van der Waals surface area (Å²) in [7, 11) is -2.01. The Kier molecular flexibility index (Phi) is 11.1. The van der Waals surface area contributed by atoms with Gasteiger partial charge in [-0.1, -0.05) is 25.1 Å². The molecule has 0 spiro atoms. The van der Waals surface area contributed by atoms with Crippen LogP contribution in [0.15, 0.2) is 58.4 Å². The van der Waals surface area contributed by atoms with E-state index in [1.807, 2.05) is 6.92 Å². The lowest BCUT2D eigenvalue weighted by molar-refractivity contribution is 0.199. The molecular formula is C20H28FIN4O3S. The molecule has 0 heterocycles. The Balaban J connectivity index is 0.00000450. The molecular weight excluding hydrogens is 522 g/mol. The summed E-state index contributed by atoms with van der Waals surface area (Å²) in [5, 5.41) is 11.5. The molecule has 0 aliphatic heterocycles. The molecule has 2 aromatic rings. The fraction of sp³-hybridized carbons (Fsp3) is 0.350. The van der Waals surface area contributed by atoms with E-state index >= 15 is 0 Å². The normalized spacial score (nSPS) is 12.6. The molecule has 0 aromatic heterocycles. The number of primary sulfonamides is 1. The monoisotopic (exact) mass is 550 g/mol. The zero-order valence-electron chi connectivity index (χ0n) is 17.0. The van der Waals surface area contributed by atoms with Crippen molar-refractivity contribution in [1.29, 1.82) is 0 Å². The number of aliphatic imine (C=N–C) groups is 1. The van der Waals surface area contributed by atoms with Gasteiger partial charge in [0.15, 0.2) is 5.96 Å². The van der Waals surface area contributed by atoms with Crippen LogP contribution in [-0.4, -0.2) is 40.6 Å². The Morgan fingerprint density at radius 3 is 2.47 bits per heavy atom. The number of ether oxygens (including phenoxy) is 1. The summed E-state index contributed by atoms with van der Waals surface area (Å²) in [5.41, 5.74) is 0.973. The van der Waals surface area contributed by atoms with Crippen molar-refractivity contribution in [2.24, 2.45) is 10.1 Å². The second-order valence-corrected chi connectivity index (χ2v) is 7.99. The number of hydrogen-bond acceptors (Lipinski definition) is 4. The highest BCUT2D eigenvalue weighted by Gasteiger charge is 2.10. The van der Waals surface area contributed by atoms with Crippen LogP contribution in [0.5, 0.6) is 5.75 Å². The Bertz CT molecular complexity index is 924. The van der Waals surface area contributed by atoms with Crippen molar-refractivity contribution < 1.29 is 17.5 Å². The lowest BCUT2D eigenvalue weighted by Gasteiger charge is -2.20. The van der Waals surface area contributed by atoms with Gasteiger partial charge in [-0.05, 0) is 42.7 Å². The van der Waals surface area contributed by atoms with Crippen molar-refractivity contribution >= 4 is 40.0 Å². The van der Waals surface area contributed by atoms with Gasteiger partial charge in [-0.25, -0.2) is 17.9 Å². The quantitative estimate of drug-likeness (QED) is 0.253. The molecule has 4 N–H and O–H groups in total. The van der Waals surface area contributed by atoms with Gasteiger partial charge in [0.1, 0.15) is 17.7 Å². The van der Waals surface area contributed by atoms with Crippen LogP contribution in [0.2, 0.25) is 0 Å². The topological polar surface area (TPSA) is 106 Å². The van der Waals surface area contributed by atoms with Gasteiger partial charge in [0.05, 0.1) is 11.4 Å². The molecule has 1 atom stereocenters. The minimum atomic E-state index is -3.68. The number of hydrogen-bond donors (Lipinski definition) is 3. The largest absolute Gasteiger partial charge is 0.489 e. The molecule has 2 aromatic carbocycles. The maximum absolute atomic E-state index is 13.3. The first-order valence-corrected chi connectivity index (χ1v) is 10.8. The Labute approximate surface area is 194 Å². The first-order valence-electron chi connectivity index (χ1n) is 9.30. The van der Waals surface area contributed by atoms with E-state index in [1.54, 1.807) is 31.3 Å². The number of guanidine groups is 1. The number of rotatable bonds is 9. The highest BCUT2D eigenvalue weighted by atomic mass is 127. The summed E-state index contributed by atoms with van der Waals surface area (Å²) in [6.45, 7) is 3.11. The second kappa shape index (κ2) is 12.7. The van der Waals surface area contributed by atoms with Crippen LogP contribution in [0.3, 0.4) is 0 Å². The molecule has 10 heteroatoms. The minimum absolute atomic E-state index is 0. The van der Waals surface area contributed by atoms with Crippen LogP contribution in [0.1, 0.15) is 18.9 Å². The Morgan fingerprint density at radius 2 is 1.90 bits per heavy atom. The number of nitrogens with one attached hydrogen (secondary N) is 2. The smallest absolute Gasteiger partial charge is 0.238 e. The summed E-state index contributed by atoms with van der Waals surface area (Å²) in [6, 6.07) is 12.5. The van der Waals surface area contributed by atoms with E-state index in [9.17, 15) is 12.8 Å². The van der Waals surface area contributed by atoms with Gasteiger partial charge in [-0.15, -0.1) is 24.0 Å². The van der Waals surface area contributed by atoms with Gasteiger partial charge in [-0.3, -0.25) is 4.99 Å². The van der Waals surface area contributed by atoms with Gasteiger partial charge in [0.25, 0.3) is 0 Å². The van der Waals surface area contributed by atoms with Crippen LogP contribution < -0.4 is 20.5 Å². The van der Waals surface area contributed by atoms with Crippen LogP contribution in [-0.2, 0) is 16.4 Å². The van der Waals surface area contributed by atoms with Crippen LogP contribution >= 0.6 is 24.0 Å². The van der Waals surface area contributed by atoms with E-state index in [1.165, 1.54) is 24.3 Å². The molecule has 0 bridgehead atoms. The number of nitrogens with zero attached hydrogens (tertiary/aromatic N) is 1. The van der Waals surface area contributed by atoms with E-state index in [2.05, 4.69) is 15.6 Å². The SMILES string of the molecule is CCC(CNC(=NC)NCCc1ccc(S(N)(=O)=O)cc1)Oc1cccc(F)c1.I. The fourth-order valence-electron chi connectivity index (χ4n) is 2.60. The van der Waals surface area contributed by atoms with E-state index in [-0.39, 0.29) is 40.8 Å². The molecule has 0 radical (unpaired) electrons. The van der Waals surface area contributed by atoms with E-state index < -0.39 is 10.0 Å². The third kappa shape index (κ3) is 8.84. The van der Waals surface area contributed by atoms with Crippen LogP contribution in [0.25, 0.3) is 0 Å². The molecule has 0 aliphatic rings. The van der Waals surface area contributed by atoms with E-state index in [4.69, 9.17) is 9.88 Å². The van der Waals surface area contributed by atoms with Gasteiger partial charge in [0.2, 0.25) is 10.0 Å². The van der Waals surface area contributed by atoms with Gasteiger partial charge in [-0.2, -0.15) is 0 Å². The third-order valence-electron chi connectivity index (χ3n) is 4.23. The van der Waals surface area contributed by atoms with Crippen LogP contribution in [0, 0.1) is 5.82 Å². The van der Waals surface area contributed by atoms with E-state index in [0.29, 0.717) is 31.2 Å². The molecule has 0 fully saturated rings. The predicted molar refractivity (Wildman–Crippen MR) is 127 cm³/mol. The molecule has 0 amide bonds. The highest BCUT2D eigenvalue weighted by molar-refractivity contribution is 14.0. The van der Waals surface area contributed by atoms with Crippen molar-refractivity contribution in [3.8, 4) is 5.75 Å². The van der Waals surface area contributed by atoms with Gasteiger partial charge >= 0.3 is 0 Å². The lowest BCUT2D eigenvalue weighted by Crippen LogP contribution is -2.43. The average molecular weight is 550 g/mol. The summed E-state index contributed by atoms with van der Waals surface area (Å²) in [5.74, 6) is 0.775. The lowest BCUT2D eigenvalue weighted by atomic mass is 10.1. The van der Waals surface area contributed by atoms with Crippen molar-refractivity contribution in [3.05, 3.63) is 59.9 Å². The maximum atomic E-state index is 13.3. The zero-order valence-corrected chi connectivity index (χ0v) is 20.1. The summed E-state index contributed by atoms with van der Waals surface area (Å²) < 4.78 is 41.7. The minimum Gasteiger partial charge on any atom is -0.489 e. The predicted octanol–water partition coefficient (Wildman–Crippen LogP) is 2.66. The molecule has 1 unspecified atom stereocenters. The van der Waals surface area contributed by atoms with Crippen molar-refractivity contribution in [3.63, 3.8) is 0 Å². The standard InChI is InChI=1S/C20H27FN4O3S.HI/c1-3-17(28-18-6-4-5-16(21)13-18)14-25-20(23-2)24-12-11-15-7-9-19(10-8-15)29(22,26)27;/h4-10,13,17H,3,11-12,14H2,1-2H3,(H2,22,26,27)(H2,23,24,25);1H. The number of benzene rings is 2.